The van der Waals surface area contributed by atoms with E-state index in [2.05, 4.69) is 10.3 Å². The summed E-state index contributed by atoms with van der Waals surface area (Å²) in [6.45, 7) is 1.95. The topological polar surface area (TPSA) is 24.9 Å². The van der Waals surface area contributed by atoms with Gasteiger partial charge in [0.05, 0.1) is 5.02 Å². The van der Waals surface area contributed by atoms with Crippen LogP contribution < -0.4 is 5.32 Å². The molecule has 0 aliphatic heterocycles. The summed E-state index contributed by atoms with van der Waals surface area (Å²) in [6, 6.07) is 5.58. The van der Waals surface area contributed by atoms with Crippen LogP contribution in [0.2, 0.25) is 5.02 Å². The molecule has 0 fully saturated rings. The van der Waals surface area contributed by atoms with Gasteiger partial charge in [-0.1, -0.05) is 17.7 Å². The van der Waals surface area contributed by atoms with Crippen molar-refractivity contribution in [1.82, 2.24) is 10.3 Å². The van der Waals surface area contributed by atoms with E-state index in [-0.39, 0.29) is 16.6 Å². The lowest BCUT2D eigenvalue weighted by molar-refractivity contribution is 0.520. The highest BCUT2D eigenvalue weighted by molar-refractivity contribution is 6.30. The Labute approximate surface area is 121 Å². The molecule has 1 heterocycles. The van der Waals surface area contributed by atoms with Crippen molar-refractivity contribution in [3.63, 3.8) is 0 Å². The number of aromatic nitrogens is 1. The predicted octanol–water partition coefficient (Wildman–Crippen LogP) is 3.82. The van der Waals surface area contributed by atoms with Gasteiger partial charge in [0.2, 0.25) is 0 Å². The van der Waals surface area contributed by atoms with Gasteiger partial charge in [-0.2, -0.15) is 0 Å². The van der Waals surface area contributed by atoms with Crippen molar-refractivity contribution < 1.29 is 8.78 Å². The van der Waals surface area contributed by atoms with Gasteiger partial charge in [0, 0.05) is 29.9 Å². The number of hydrogen-bond acceptors (Lipinski definition) is 2. The zero-order valence-electron chi connectivity index (χ0n) is 11.3. The molecule has 0 bridgehead atoms. The summed E-state index contributed by atoms with van der Waals surface area (Å²) < 4.78 is 27.4. The number of pyridine rings is 1. The lowest BCUT2D eigenvalue weighted by atomic mass is 10.0. The summed E-state index contributed by atoms with van der Waals surface area (Å²) in [7, 11) is 1.70. The second-order valence-corrected chi connectivity index (χ2v) is 5.07. The average molecular weight is 297 g/mol. The Morgan fingerprint density at radius 1 is 1.25 bits per heavy atom. The highest BCUT2D eigenvalue weighted by Crippen LogP contribution is 2.25. The molecule has 2 aromatic rings. The Kier molecular flexibility index (Phi) is 4.68. The fraction of sp³-hybridized carbons (Fsp3) is 0.267. The maximum atomic E-state index is 13.9. The molecule has 0 amide bonds. The Bertz CT molecular complexity index is 600. The molecule has 0 saturated heterocycles. The lowest BCUT2D eigenvalue weighted by Gasteiger charge is -2.17. The number of aryl methyl sites for hydroxylation is 1. The summed E-state index contributed by atoms with van der Waals surface area (Å²) in [4.78, 5) is 4.28. The van der Waals surface area contributed by atoms with E-state index in [1.165, 1.54) is 0 Å². The number of halogens is 3. The second-order valence-electron chi connectivity index (χ2n) is 4.66. The Balaban J connectivity index is 2.28. The summed E-state index contributed by atoms with van der Waals surface area (Å²) in [5.41, 5.74) is 2.11. The largest absolute Gasteiger partial charge is 0.313 e. The van der Waals surface area contributed by atoms with Gasteiger partial charge in [0.25, 0.3) is 0 Å². The molecular weight excluding hydrogens is 282 g/mol. The first-order valence-electron chi connectivity index (χ1n) is 6.24. The number of nitrogens with one attached hydrogen (secondary N) is 1. The van der Waals surface area contributed by atoms with Gasteiger partial charge in [0.15, 0.2) is 0 Å². The fourth-order valence-electron chi connectivity index (χ4n) is 2.00. The summed E-state index contributed by atoms with van der Waals surface area (Å²) in [6.07, 6.45) is 2.22. The molecule has 1 unspecified atom stereocenters. The van der Waals surface area contributed by atoms with Crippen LogP contribution in [-0.4, -0.2) is 12.0 Å². The van der Waals surface area contributed by atoms with Crippen LogP contribution in [0.4, 0.5) is 8.78 Å². The standard InChI is InChI=1S/C15H15ClF2N2/c1-9-3-4-10(20-8-9)5-15(19-2)11-6-14(18)12(16)7-13(11)17/h3-4,6-8,15,19H,5H2,1-2H3. The molecule has 0 aliphatic rings. The van der Waals surface area contributed by atoms with Crippen LogP contribution in [0.5, 0.6) is 0 Å². The third kappa shape index (κ3) is 3.32. The first-order valence-corrected chi connectivity index (χ1v) is 6.62. The van der Waals surface area contributed by atoms with Crippen molar-refractivity contribution in [3.05, 3.63) is 63.9 Å². The zero-order valence-corrected chi connectivity index (χ0v) is 12.0. The van der Waals surface area contributed by atoms with Gasteiger partial charge in [-0.15, -0.1) is 0 Å². The van der Waals surface area contributed by atoms with E-state index in [1.54, 1.807) is 13.2 Å². The minimum atomic E-state index is -0.625. The van der Waals surface area contributed by atoms with Gasteiger partial charge in [-0.05, 0) is 37.7 Å². The van der Waals surface area contributed by atoms with Crippen molar-refractivity contribution >= 4 is 11.6 Å². The van der Waals surface area contributed by atoms with Crippen LogP contribution in [0, 0.1) is 18.6 Å². The first-order chi connectivity index (χ1) is 9.51. The van der Waals surface area contributed by atoms with E-state index in [4.69, 9.17) is 11.6 Å². The third-order valence-electron chi connectivity index (χ3n) is 3.15. The van der Waals surface area contributed by atoms with Gasteiger partial charge < -0.3 is 5.32 Å². The number of hydrogen-bond donors (Lipinski definition) is 1. The highest BCUT2D eigenvalue weighted by atomic mass is 35.5. The van der Waals surface area contributed by atoms with Gasteiger partial charge in [0.1, 0.15) is 11.6 Å². The van der Waals surface area contributed by atoms with E-state index in [1.807, 2.05) is 19.1 Å². The normalized spacial score (nSPS) is 12.4. The quantitative estimate of drug-likeness (QED) is 0.868. The summed E-state index contributed by atoms with van der Waals surface area (Å²) in [5, 5.41) is 2.77. The maximum Gasteiger partial charge on any atom is 0.142 e. The molecule has 1 atom stereocenters. The van der Waals surface area contributed by atoms with Crippen molar-refractivity contribution in [2.75, 3.05) is 7.05 Å². The van der Waals surface area contributed by atoms with Crippen LogP contribution in [0.15, 0.2) is 30.5 Å². The molecule has 20 heavy (non-hydrogen) atoms. The monoisotopic (exact) mass is 296 g/mol. The van der Waals surface area contributed by atoms with E-state index < -0.39 is 11.6 Å². The minimum Gasteiger partial charge on any atom is -0.313 e. The molecule has 5 heteroatoms. The number of rotatable bonds is 4. The average Bonchev–Trinajstić information content (AvgIpc) is 2.43. The van der Waals surface area contributed by atoms with Gasteiger partial charge in [-0.3, -0.25) is 4.98 Å². The van der Waals surface area contributed by atoms with Crippen LogP contribution >= 0.6 is 11.6 Å². The smallest absolute Gasteiger partial charge is 0.142 e. The molecule has 0 aliphatic carbocycles. The summed E-state index contributed by atoms with van der Waals surface area (Å²) in [5.74, 6) is -1.15. The Morgan fingerprint density at radius 3 is 2.60 bits per heavy atom. The fourth-order valence-corrected chi connectivity index (χ4v) is 2.15. The van der Waals surface area contributed by atoms with E-state index >= 15 is 0 Å². The molecule has 106 valence electrons. The molecule has 0 saturated carbocycles. The van der Waals surface area contributed by atoms with E-state index in [0.29, 0.717) is 6.42 Å². The number of benzene rings is 1. The molecule has 1 aromatic heterocycles. The predicted molar refractivity (Wildman–Crippen MR) is 75.8 cm³/mol. The van der Waals surface area contributed by atoms with Crippen LogP contribution in [0.3, 0.4) is 0 Å². The van der Waals surface area contributed by atoms with E-state index in [9.17, 15) is 8.78 Å². The Hall–Kier alpha value is -1.52. The number of likely N-dealkylation sites (N-methyl/N-ethyl adjacent to an activating group) is 1. The third-order valence-corrected chi connectivity index (χ3v) is 3.44. The van der Waals surface area contributed by atoms with Gasteiger partial charge >= 0.3 is 0 Å². The second kappa shape index (κ2) is 6.29. The van der Waals surface area contributed by atoms with Crippen LogP contribution in [0.25, 0.3) is 0 Å². The first kappa shape index (κ1) is 14.9. The molecule has 1 N–H and O–H groups in total. The SMILES string of the molecule is CNC(Cc1ccc(C)cn1)c1cc(F)c(Cl)cc1F. The molecule has 2 rings (SSSR count). The lowest BCUT2D eigenvalue weighted by Crippen LogP contribution is -2.21. The zero-order chi connectivity index (χ0) is 14.7. The van der Waals surface area contributed by atoms with Crippen molar-refractivity contribution in [2.24, 2.45) is 0 Å². The number of nitrogens with zero attached hydrogens (tertiary/aromatic N) is 1. The molecular formula is C15H15ClF2N2. The highest BCUT2D eigenvalue weighted by Gasteiger charge is 2.18. The van der Waals surface area contributed by atoms with Crippen LogP contribution in [-0.2, 0) is 6.42 Å². The van der Waals surface area contributed by atoms with Crippen LogP contribution in [0.1, 0.15) is 22.9 Å². The van der Waals surface area contributed by atoms with Crippen molar-refractivity contribution in [1.29, 1.82) is 0 Å². The molecule has 1 aromatic carbocycles. The van der Waals surface area contributed by atoms with Crippen molar-refractivity contribution in [2.45, 2.75) is 19.4 Å². The molecule has 0 spiro atoms. The maximum absolute atomic E-state index is 13.9. The molecule has 2 nitrogen and oxygen atoms in total. The van der Waals surface area contributed by atoms with Crippen molar-refractivity contribution in [3.8, 4) is 0 Å². The summed E-state index contributed by atoms with van der Waals surface area (Å²) >= 11 is 5.56. The Morgan fingerprint density at radius 2 is 2.00 bits per heavy atom. The molecule has 0 radical (unpaired) electrons. The minimum absolute atomic E-state index is 0.213. The van der Waals surface area contributed by atoms with E-state index in [0.717, 1.165) is 23.4 Å². The van der Waals surface area contributed by atoms with Gasteiger partial charge in [-0.25, -0.2) is 8.78 Å².